The molecule has 0 heterocycles. The summed E-state index contributed by atoms with van der Waals surface area (Å²) in [7, 11) is 1.40. The number of methoxy groups -OCH3 is 1. The van der Waals surface area contributed by atoms with Gasteiger partial charge in [-0.25, -0.2) is 0 Å². The minimum atomic E-state index is -4.40. The molecular formula is C17H28F3IO2. The molecule has 2 nitrogen and oxygen atoms in total. The third-order valence-electron chi connectivity index (χ3n) is 5.82. The van der Waals surface area contributed by atoms with E-state index in [2.05, 4.69) is 29.5 Å². The number of hydrogen-bond acceptors (Lipinski definition) is 2. The van der Waals surface area contributed by atoms with Gasteiger partial charge in [-0.05, 0) is 49.9 Å². The van der Waals surface area contributed by atoms with Gasteiger partial charge in [0.25, 0.3) is 0 Å². The van der Waals surface area contributed by atoms with E-state index in [1.807, 2.05) is 13.8 Å². The molecule has 0 aromatic heterocycles. The number of halogens is 4. The smallest absolute Gasteiger partial charge is 0.356 e. The summed E-state index contributed by atoms with van der Waals surface area (Å²) in [5.74, 6) is 1.44. The molecule has 136 valence electrons. The highest BCUT2D eigenvalue weighted by Gasteiger charge is 2.58. The summed E-state index contributed by atoms with van der Waals surface area (Å²) in [6.07, 6.45) is -3.22. The molecule has 0 amide bonds. The van der Waals surface area contributed by atoms with E-state index in [1.54, 1.807) is 0 Å². The lowest BCUT2D eigenvalue weighted by molar-refractivity contribution is -0.327. The Morgan fingerprint density at radius 2 is 1.83 bits per heavy atom. The van der Waals surface area contributed by atoms with Gasteiger partial charge in [0.2, 0.25) is 0 Å². The monoisotopic (exact) mass is 448 g/mol. The van der Waals surface area contributed by atoms with Crippen LogP contribution in [0.4, 0.5) is 13.2 Å². The van der Waals surface area contributed by atoms with Gasteiger partial charge in [-0.3, -0.25) is 0 Å². The van der Waals surface area contributed by atoms with Crippen molar-refractivity contribution in [2.24, 2.45) is 29.6 Å². The Kier molecular flexibility index (Phi) is 6.00. The Hall–Kier alpha value is 0.440. The number of fused-ring (bicyclic) bond motifs is 2. The van der Waals surface area contributed by atoms with Gasteiger partial charge >= 0.3 is 6.18 Å². The molecule has 2 aliphatic carbocycles. The molecule has 0 N–H and O–H groups in total. The first-order chi connectivity index (χ1) is 10.5. The third-order valence-corrected chi connectivity index (χ3v) is 7.97. The van der Waals surface area contributed by atoms with Crippen LogP contribution in [0.15, 0.2) is 0 Å². The molecule has 23 heavy (non-hydrogen) atoms. The second-order valence-electron chi connectivity index (χ2n) is 7.86. The van der Waals surface area contributed by atoms with Crippen LogP contribution in [0.5, 0.6) is 0 Å². The molecule has 6 heteroatoms. The molecule has 2 saturated carbocycles. The number of ether oxygens (including phenoxy) is 2. The van der Waals surface area contributed by atoms with Crippen molar-refractivity contribution in [3.05, 3.63) is 0 Å². The van der Waals surface area contributed by atoms with Crippen LogP contribution >= 0.6 is 22.6 Å². The summed E-state index contributed by atoms with van der Waals surface area (Å²) < 4.78 is 52.5. The Morgan fingerprint density at radius 3 is 2.22 bits per heavy atom. The van der Waals surface area contributed by atoms with Gasteiger partial charge in [0.15, 0.2) is 11.9 Å². The van der Waals surface area contributed by atoms with Crippen LogP contribution < -0.4 is 0 Å². The zero-order chi connectivity index (χ0) is 17.6. The van der Waals surface area contributed by atoms with Crippen LogP contribution in [0, 0.1) is 29.6 Å². The molecular weight excluding hydrogens is 420 g/mol. The van der Waals surface area contributed by atoms with Crippen LogP contribution in [0.3, 0.4) is 0 Å². The summed E-state index contributed by atoms with van der Waals surface area (Å²) in [4.78, 5) is 0. The Bertz CT molecular complexity index is 413. The molecule has 0 aliphatic heterocycles. The van der Waals surface area contributed by atoms with Crippen molar-refractivity contribution >= 4 is 22.6 Å². The van der Waals surface area contributed by atoms with Crippen LogP contribution in [-0.2, 0) is 9.47 Å². The Morgan fingerprint density at radius 1 is 1.22 bits per heavy atom. The van der Waals surface area contributed by atoms with Crippen molar-refractivity contribution in [3.63, 3.8) is 0 Å². The lowest BCUT2D eigenvalue weighted by atomic mass is 9.76. The van der Waals surface area contributed by atoms with Crippen molar-refractivity contribution in [2.75, 3.05) is 7.11 Å². The summed E-state index contributed by atoms with van der Waals surface area (Å²) in [6, 6.07) is 0. The van der Waals surface area contributed by atoms with Crippen molar-refractivity contribution in [1.29, 1.82) is 0 Å². The summed E-state index contributed by atoms with van der Waals surface area (Å²) in [5.41, 5.74) is -2.15. The van der Waals surface area contributed by atoms with Gasteiger partial charge in [0.1, 0.15) is 0 Å². The average Bonchev–Trinajstić information content (AvgIpc) is 2.95. The van der Waals surface area contributed by atoms with Gasteiger partial charge in [-0.15, -0.1) is 0 Å². The molecule has 0 spiro atoms. The van der Waals surface area contributed by atoms with Crippen LogP contribution in [-0.4, -0.2) is 29.1 Å². The SMILES string of the molecule is COC(OC(C)(CC1CC2CC1C(C)C2I)C(F)(F)F)C(C)C. The largest absolute Gasteiger partial charge is 0.417 e. The minimum Gasteiger partial charge on any atom is -0.356 e. The summed E-state index contributed by atoms with van der Waals surface area (Å²) in [5, 5.41) is 0. The Labute approximate surface area is 151 Å². The van der Waals surface area contributed by atoms with Gasteiger partial charge in [-0.1, -0.05) is 43.4 Å². The van der Waals surface area contributed by atoms with E-state index in [0.717, 1.165) is 12.8 Å². The molecule has 7 unspecified atom stereocenters. The Balaban J connectivity index is 2.14. The first-order valence-corrected chi connectivity index (χ1v) is 9.66. The summed E-state index contributed by atoms with van der Waals surface area (Å²) in [6.45, 7) is 7.00. The number of rotatable bonds is 6. The van der Waals surface area contributed by atoms with Crippen molar-refractivity contribution in [1.82, 2.24) is 0 Å². The van der Waals surface area contributed by atoms with Gasteiger partial charge in [0, 0.05) is 17.0 Å². The molecule has 0 radical (unpaired) electrons. The first-order valence-electron chi connectivity index (χ1n) is 8.41. The highest BCUT2D eigenvalue weighted by molar-refractivity contribution is 14.1. The van der Waals surface area contributed by atoms with Crippen molar-refractivity contribution in [2.45, 2.75) is 68.9 Å². The summed E-state index contributed by atoms with van der Waals surface area (Å²) >= 11 is 2.47. The fraction of sp³-hybridized carbons (Fsp3) is 1.00. The second kappa shape index (κ2) is 6.98. The van der Waals surface area contributed by atoms with E-state index in [4.69, 9.17) is 9.47 Å². The molecule has 0 aromatic rings. The van der Waals surface area contributed by atoms with Crippen molar-refractivity contribution < 1.29 is 22.6 Å². The predicted octanol–water partition coefficient (Wildman–Crippen LogP) is 5.44. The van der Waals surface area contributed by atoms with E-state index in [1.165, 1.54) is 14.0 Å². The average molecular weight is 448 g/mol. The van der Waals surface area contributed by atoms with Crippen LogP contribution in [0.1, 0.15) is 47.0 Å². The standard InChI is InChI=1S/C17H28F3IO2/c1-9(2)15(22-5)23-16(4,17(18,19)20)8-12-6-11-7-13(12)10(3)14(11)21/h9-15H,6-8H2,1-5H3. The fourth-order valence-corrected chi connectivity index (χ4v) is 5.57. The van der Waals surface area contributed by atoms with Gasteiger partial charge < -0.3 is 9.47 Å². The molecule has 2 bridgehead atoms. The van der Waals surface area contributed by atoms with Gasteiger partial charge in [-0.2, -0.15) is 13.2 Å². The fourth-order valence-electron chi connectivity index (χ4n) is 4.45. The zero-order valence-corrected chi connectivity index (χ0v) is 16.6. The van der Waals surface area contributed by atoms with Crippen molar-refractivity contribution in [3.8, 4) is 0 Å². The molecule has 2 aliphatic rings. The maximum Gasteiger partial charge on any atom is 0.417 e. The maximum absolute atomic E-state index is 13.8. The highest BCUT2D eigenvalue weighted by atomic mass is 127. The van der Waals surface area contributed by atoms with E-state index in [-0.39, 0.29) is 18.3 Å². The quantitative estimate of drug-likeness (QED) is 0.306. The van der Waals surface area contributed by atoms with E-state index < -0.39 is 18.1 Å². The maximum atomic E-state index is 13.8. The van der Waals surface area contributed by atoms with E-state index >= 15 is 0 Å². The molecule has 7 atom stereocenters. The van der Waals surface area contributed by atoms with E-state index in [0.29, 0.717) is 21.7 Å². The molecule has 0 saturated heterocycles. The van der Waals surface area contributed by atoms with Crippen LogP contribution in [0.25, 0.3) is 0 Å². The minimum absolute atomic E-state index is 0.0396. The zero-order valence-electron chi connectivity index (χ0n) is 14.5. The predicted molar refractivity (Wildman–Crippen MR) is 92.5 cm³/mol. The second-order valence-corrected chi connectivity index (χ2v) is 9.30. The lowest BCUT2D eigenvalue weighted by Gasteiger charge is -2.41. The third kappa shape index (κ3) is 3.84. The van der Waals surface area contributed by atoms with Crippen LogP contribution in [0.2, 0.25) is 0 Å². The highest BCUT2D eigenvalue weighted by Crippen LogP contribution is 2.57. The molecule has 2 rings (SSSR count). The molecule has 0 aromatic carbocycles. The molecule has 2 fully saturated rings. The first kappa shape index (κ1) is 19.8. The number of hydrogen-bond donors (Lipinski definition) is 0. The van der Waals surface area contributed by atoms with Gasteiger partial charge in [0.05, 0.1) is 0 Å². The normalized spacial score (nSPS) is 38.1. The lowest BCUT2D eigenvalue weighted by Crippen LogP contribution is -2.50. The van der Waals surface area contributed by atoms with E-state index in [9.17, 15) is 13.2 Å². The topological polar surface area (TPSA) is 18.5 Å². The number of alkyl halides is 4.